The monoisotopic (exact) mass is 399 g/mol. The van der Waals surface area contributed by atoms with Crippen molar-refractivity contribution in [2.75, 3.05) is 13.2 Å². The smallest absolute Gasteiger partial charge is 0.126 e. The molecule has 29 heavy (non-hydrogen) atoms. The first kappa shape index (κ1) is 21.4. The topological polar surface area (TPSA) is 21.3 Å². The zero-order valence-corrected chi connectivity index (χ0v) is 18.1. The molecular weight excluding hydrogens is 368 g/mol. The lowest BCUT2D eigenvalue weighted by atomic mass is 9.73. The van der Waals surface area contributed by atoms with Crippen LogP contribution >= 0.6 is 0 Å². The summed E-state index contributed by atoms with van der Waals surface area (Å²) >= 11 is 0. The molecule has 2 aliphatic carbocycles. The van der Waals surface area contributed by atoms with Gasteiger partial charge in [0, 0.05) is 29.7 Å². The molecule has 0 saturated carbocycles. The van der Waals surface area contributed by atoms with Gasteiger partial charge in [-0.05, 0) is 62.0 Å². The van der Waals surface area contributed by atoms with Crippen molar-refractivity contribution in [3.05, 3.63) is 81.4 Å². The Bertz CT molecular complexity index is 911. The number of fused-ring (bicyclic) bond motifs is 1. The van der Waals surface area contributed by atoms with Gasteiger partial charge in [-0.2, -0.15) is 0 Å². The van der Waals surface area contributed by atoms with Crippen LogP contribution in [0.1, 0.15) is 47.5 Å². The maximum absolute atomic E-state index is 15.8. The molecule has 156 valence electrons. The van der Waals surface area contributed by atoms with Gasteiger partial charge in [0.15, 0.2) is 0 Å². The summed E-state index contributed by atoms with van der Waals surface area (Å²) in [6.07, 6.45) is 6.97. The fourth-order valence-corrected chi connectivity index (χ4v) is 4.63. The van der Waals surface area contributed by atoms with Crippen LogP contribution in [0, 0.1) is 11.8 Å². The Kier molecular flexibility index (Phi) is 6.30. The third-order valence-electron chi connectivity index (χ3n) is 6.06. The van der Waals surface area contributed by atoms with E-state index in [1.165, 1.54) is 5.57 Å². The number of allylic oxidation sites excluding steroid dienone is 11. The Balaban J connectivity index is 2.12. The van der Waals surface area contributed by atoms with E-state index in [1.54, 1.807) is 13.0 Å². The molecule has 1 aliphatic heterocycles. The standard InChI is InChI=1S/C25H31F2NO/c1-7-20-22(26)9-8-19-12-14(2)13-21(24(19)20)15(3)25(27)16(4)23-17(5)28-10-11-29-18(23)6/h8-9,13,15,19,28H,5,7,10-12H2,1-4,6H3/b25-16+. The Labute approximate surface area is 173 Å². The first-order chi connectivity index (χ1) is 13.8. The quantitative estimate of drug-likeness (QED) is 0.565. The zero-order chi connectivity index (χ0) is 21.3. The third kappa shape index (κ3) is 4.03. The van der Waals surface area contributed by atoms with Crippen LogP contribution in [-0.2, 0) is 4.74 Å². The molecule has 0 radical (unpaired) electrons. The van der Waals surface area contributed by atoms with Gasteiger partial charge in [-0.25, -0.2) is 8.78 Å². The predicted molar refractivity (Wildman–Crippen MR) is 115 cm³/mol. The number of nitrogens with one attached hydrogen (secondary N) is 1. The van der Waals surface area contributed by atoms with E-state index in [1.807, 2.05) is 32.9 Å². The van der Waals surface area contributed by atoms with E-state index in [0.717, 1.165) is 17.6 Å². The van der Waals surface area contributed by atoms with E-state index < -0.39 is 5.92 Å². The summed E-state index contributed by atoms with van der Waals surface area (Å²) in [5.74, 6) is -0.137. The molecule has 3 rings (SSSR count). The number of halogens is 2. The molecule has 0 amide bonds. The average Bonchev–Trinajstić information content (AvgIpc) is 2.86. The largest absolute Gasteiger partial charge is 0.496 e. The number of rotatable bonds is 4. The molecule has 2 nitrogen and oxygen atoms in total. The molecular formula is C25H31F2NO. The van der Waals surface area contributed by atoms with Crippen LogP contribution in [0.5, 0.6) is 0 Å². The second kappa shape index (κ2) is 8.56. The number of hydrogen-bond donors (Lipinski definition) is 1. The van der Waals surface area contributed by atoms with Crippen molar-refractivity contribution in [1.82, 2.24) is 5.32 Å². The van der Waals surface area contributed by atoms with Crippen molar-refractivity contribution in [1.29, 1.82) is 0 Å². The lowest BCUT2D eigenvalue weighted by molar-refractivity contribution is 0.221. The van der Waals surface area contributed by atoms with Gasteiger partial charge in [0.2, 0.25) is 0 Å². The molecule has 0 aromatic heterocycles. The molecule has 0 fully saturated rings. The number of hydrogen-bond acceptors (Lipinski definition) is 2. The minimum atomic E-state index is -0.486. The highest BCUT2D eigenvalue weighted by molar-refractivity contribution is 5.56. The second-order valence-corrected chi connectivity index (χ2v) is 8.09. The van der Waals surface area contributed by atoms with Crippen LogP contribution in [0.4, 0.5) is 8.78 Å². The van der Waals surface area contributed by atoms with E-state index >= 15 is 4.39 Å². The predicted octanol–water partition coefficient (Wildman–Crippen LogP) is 6.74. The minimum Gasteiger partial charge on any atom is -0.496 e. The Morgan fingerprint density at radius 2 is 2.10 bits per heavy atom. The summed E-state index contributed by atoms with van der Waals surface area (Å²) in [6, 6.07) is 0. The molecule has 1 N–H and O–H groups in total. The van der Waals surface area contributed by atoms with Crippen molar-refractivity contribution >= 4 is 0 Å². The fraction of sp³-hybridized carbons (Fsp3) is 0.440. The second-order valence-electron chi connectivity index (χ2n) is 8.09. The van der Waals surface area contributed by atoms with Gasteiger partial charge in [-0.15, -0.1) is 0 Å². The van der Waals surface area contributed by atoms with Crippen LogP contribution in [-0.4, -0.2) is 13.2 Å². The highest BCUT2D eigenvalue weighted by Crippen LogP contribution is 2.45. The molecule has 0 spiro atoms. The summed E-state index contributed by atoms with van der Waals surface area (Å²) in [5, 5.41) is 3.19. The molecule has 2 unspecified atom stereocenters. The molecule has 4 heteroatoms. The lowest BCUT2D eigenvalue weighted by Crippen LogP contribution is -2.19. The van der Waals surface area contributed by atoms with Gasteiger partial charge < -0.3 is 10.1 Å². The van der Waals surface area contributed by atoms with Crippen molar-refractivity contribution in [3.8, 4) is 0 Å². The zero-order valence-electron chi connectivity index (χ0n) is 18.1. The summed E-state index contributed by atoms with van der Waals surface area (Å²) in [4.78, 5) is 0. The molecule has 0 aromatic rings. The van der Waals surface area contributed by atoms with E-state index in [4.69, 9.17) is 4.74 Å². The van der Waals surface area contributed by atoms with Crippen molar-refractivity contribution in [2.45, 2.75) is 47.5 Å². The first-order valence-electron chi connectivity index (χ1n) is 10.4. The van der Waals surface area contributed by atoms with Gasteiger partial charge in [0.1, 0.15) is 24.0 Å². The van der Waals surface area contributed by atoms with Crippen molar-refractivity contribution in [3.63, 3.8) is 0 Å². The molecule has 3 aliphatic rings. The maximum atomic E-state index is 15.8. The lowest BCUT2D eigenvalue weighted by Gasteiger charge is -2.32. The molecule has 0 saturated heterocycles. The van der Waals surface area contributed by atoms with Gasteiger partial charge in [-0.3, -0.25) is 0 Å². The minimum absolute atomic E-state index is 0.110. The molecule has 2 atom stereocenters. The highest BCUT2D eigenvalue weighted by atomic mass is 19.1. The van der Waals surface area contributed by atoms with Crippen molar-refractivity contribution < 1.29 is 13.5 Å². The Morgan fingerprint density at radius 3 is 2.79 bits per heavy atom. The van der Waals surface area contributed by atoms with Crippen LogP contribution in [0.3, 0.4) is 0 Å². The van der Waals surface area contributed by atoms with E-state index in [0.29, 0.717) is 47.7 Å². The fourth-order valence-electron chi connectivity index (χ4n) is 4.63. The van der Waals surface area contributed by atoms with Gasteiger partial charge >= 0.3 is 0 Å². The molecule has 0 aromatic carbocycles. The number of ether oxygens (including phenoxy) is 1. The van der Waals surface area contributed by atoms with Gasteiger partial charge in [0.25, 0.3) is 0 Å². The van der Waals surface area contributed by atoms with Crippen LogP contribution in [0.2, 0.25) is 0 Å². The van der Waals surface area contributed by atoms with E-state index in [9.17, 15) is 4.39 Å². The van der Waals surface area contributed by atoms with Crippen LogP contribution in [0.15, 0.2) is 81.4 Å². The first-order valence-corrected chi connectivity index (χ1v) is 10.4. The van der Waals surface area contributed by atoms with E-state index in [2.05, 4.69) is 18.8 Å². The third-order valence-corrected chi connectivity index (χ3v) is 6.06. The maximum Gasteiger partial charge on any atom is 0.126 e. The Hall–Kier alpha value is -2.36. The molecule has 0 bridgehead atoms. The average molecular weight is 400 g/mol. The SMILES string of the molecule is C=C1NCCOC(C)=C1/C(C)=C(/F)C(C)C1=C2C(CC)=C(F)C=CC2CC(C)=C1. The van der Waals surface area contributed by atoms with Gasteiger partial charge in [-0.1, -0.05) is 38.2 Å². The van der Waals surface area contributed by atoms with Crippen LogP contribution in [0.25, 0.3) is 0 Å². The highest BCUT2D eigenvalue weighted by Gasteiger charge is 2.31. The summed E-state index contributed by atoms with van der Waals surface area (Å²) < 4.78 is 36.0. The summed E-state index contributed by atoms with van der Waals surface area (Å²) in [7, 11) is 0. The van der Waals surface area contributed by atoms with E-state index in [-0.39, 0.29) is 17.6 Å². The normalized spacial score (nSPS) is 24.4. The Morgan fingerprint density at radius 1 is 1.38 bits per heavy atom. The summed E-state index contributed by atoms with van der Waals surface area (Å²) in [6.45, 7) is 14.7. The summed E-state index contributed by atoms with van der Waals surface area (Å²) in [5.41, 5.74) is 5.59. The van der Waals surface area contributed by atoms with Crippen molar-refractivity contribution in [2.24, 2.45) is 11.8 Å². The molecule has 1 heterocycles. The van der Waals surface area contributed by atoms with Gasteiger partial charge in [0.05, 0.1) is 0 Å². The van der Waals surface area contributed by atoms with Crippen LogP contribution < -0.4 is 5.32 Å².